The van der Waals surface area contributed by atoms with E-state index in [1.165, 1.54) is 0 Å². The zero-order valence-electron chi connectivity index (χ0n) is 13.5. The lowest BCUT2D eigenvalue weighted by Crippen LogP contribution is -2.18. The van der Waals surface area contributed by atoms with Crippen molar-refractivity contribution in [3.63, 3.8) is 0 Å². The number of alkyl halides is 1. The van der Waals surface area contributed by atoms with Crippen LogP contribution in [0.5, 0.6) is 0 Å². The van der Waals surface area contributed by atoms with Crippen molar-refractivity contribution < 1.29 is 0 Å². The predicted molar refractivity (Wildman–Crippen MR) is 103 cm³/mol. The Balaban J connectivity index is 2.19. The number of nitriles is 2. The lowest BCUT2D eigenvalue weighted by Gasteiger charge is -2.18. The summed E-state index contributed by atoms with van der Waals surface area (Å²) in [4.78, 5) is 2.21. The fourth-order valence-electron chi connectivity index (χ4n) is 2.32. The Morgan fingerprint density at radius 2 is 1.75 bits per heavy atom. The molecule has 0 bridgehead atoms. The van der Waals surface area contributed by atoms with Gasteiger partial charge >= 0.3 is 0 Å². The summed E-state index contributed by atoms with van der Waals surface area (Å²) < 4.78 is 0. The van der Waals surface area contributed by atoms with Gasteiger partial charge in [0.25, 0.3) is 0 Å². The Morgan fingerprint density at radius 1 is 1.08 bits per heavy atom. The summed E-state index contributed by atoms with van der Waals surface area (Å²) in [6, 6.07) is 19.5. The molecular formula is C20H18BrN3. The van der Waals surface area contributed by atoms with Gasteiger partial charge in [0.15, 0.2) is 0 Å². The summed E-state index contributed by atoms with van der Waals surface area (Å²) in [6.07, 6.45) is 2.96. The summed E-state index contributed by atoms with van der Waals surface area (Å²) in [5, 5.41) is 19.3. The van der Waals surface area contributed by atoms with Gasteiger partial charge in [0.1, 0.15) is 0 Å². The van der Waals surface area contributed by atoms with E-state index >= 15 is 0 Å². The summed E-state index contributed by atoms with van der Waals surface area (Å²) in [5.74, 6) is 0. The second-order valence-corrected chi connectivity index (χ2v) is 6.21. The van der Waals surface area contributed by atoms with Gasteiger partial charge in [0.05, 0.1) is 23.3 Å². The van der Waals surface area contributed by atoms with Crippen molar-refractivity contribution in [1.29, 1.82) is 10.5 Å². The fourth-order valence-corrected chi connectivity index (χ4v) is 2.57. The van der Waals surface area contributed by atoms with Crippen molar-refractivity contribution in [2.45, 2.75) is 6.42 Å². The number of anilines is 1. The van der Waals surface area contributed by atoms with Gasteiger partial charge in [-0.1, -0.05) is 40.2 Å². The highest BCUT2D eigenvalue weighted by molar-refractivity contribution is 9.09. The van der Waals surface area contributed by atoms with E-state index in [1.807, 2.05) is 18.2 Å². The second-order valence-electron chi connectivity index (χ2n) is 5.41. The molecule has 0 heterocycles. The van der Waals surface area contributed by atoms with Crippen molar-refractivity contribution in [1.82, 2.24) is 0 Å². The first-order chi connectivity index (χ1) is 11.7. The average Bonchev–Trinajstić information content (AvgIpc) is 2.64. The third-order valence-corrected chi connectivity index (χ3v) is 4.28. The molecule has 0 unspecified atom stereocenters. The molecule has 4 heteroatoms. The van der Waals surface area contributed by atoms with Crippen LogP contribution in [0.4, 0.5) is 5.69 Å². The van der Waals surface area contributed by atoms with Crippen molar-refractivity contribution in [3.8, 4) is 12.1 Å². The first-order valence-corrected chi connectivity index (χ1v) is 8.79. The highest BCUT2D eigenvalue weighted by Crippen LogP contribution is 2.20. The van der Waals surface area contributed by atoms with Crippen molar-refractivity contribution >= 4 is 33.3 Å². The Bertz CT molecular complexity index is 778. The van der Waals surface area contributed by atoms with Crippen LogP contribution in [0.2, 0.25) is 0 Å². The van der Waals surface area contributed by atoms with E-state index < -0.39 is 0 Å². The number of allylic oxidation sites excluding steroid dienone is 1. The molecule has 0 aliphatic rings. The molecule has 120 valence electrons. The van der Waals surface area contributed by atoms with Crippen LogP contribution in [0.3, 0.4) is 0 Å². The van der Waals surface area contributed by atoms with Gasteiger partial charge in [-0.25, -0.2) is 0 Å². The van der Waals surface area contributed by atoms with Gasteiger partial charge in [-0.15, -0.1) is 0 Å². The van der Waals surface area contributed by atoms with Crippen molar-refractivity contribution in [2.24, 2.45) is 0 Å². The van der Waals surface area contributed by atoms with Crippen LogP contribution in [-0.4, -0.2) is 18.9 Å². The van der Waals surface area contributed by atoms with Crippen LogP contribution < -0.4 is 4.90 Å². The minimum Gasteiger partial charge on any atom is -0.375 e. The molecule has 0 aromatic heterocycles. The normalized spacial score (nSPS) is 10.8. The lowest BCUT2D eigenvalue weighted by atomic mass is 10.0. The molecule has 24 heavy (non-hydrogen) atoms. The van der Waals surface area contributed by atoms with Crippen LogP contribution in [0.1, 0.15) is 23.1 Å². The van der Waals surface area contributed by atoms with Crippen molar-refractivity contribution in [3.05, 3.63) is 65.2 Å². The molecule has 0 saturated carbocycles. The van der Waals surface area contributed by atoms with E-state index in [0.717, 1.165) is 35.1 Å². The number of benzene rings is 2. The molecule has 0 saturated heterocycles. The van der Waals surface area contributed by atoms with E-state index in [2.05, 4.69) is 52.1 Å². The first-order valence-electron chi connectivity index (χ1n) is 7.67. The molecule has 2 rings (SSSR count). The minimum absolute atomic E-state index is 0.583. The molecule has 2 aromatic carbocycles. The molecule has 0 aliphatic heterocycles. The SMILES string of the molecule is CN(CCCBr)c1ccc(/C=C(\C#N)c2ccc(C#N)cc2)cc1. The van der Waals surface area contributed by atoms with Crippen LogP contribution in [0.15, 0.2) is 48.5 Å². The maximum Gasteiger partial charge on any atom is 0.0998 e. The third-order valence-electron chi connectivity index (χ3n) is 3.72. The summed E-state index contributed by atoms with van der Waals surface area (Å²) in [7, 11) is 2.07. The Hall–Kier alpha value is -2.56. The van der Waals surface area contributed by atoms with E-state index in [1.54, 1.807) is 24.3 Å². The monoisotopic (exact) mass is 379 g/mol. The highest BCUT2D eigenvalue weighted by Gasteiger charge is 2.03. The van der Waals surface area contributed by atoms with Gasteiger partial charge in [-0.05, 0) is 47.9 Å². The number of rotatable bonds is 6. The van der Waals surface area contributed by atoms with Crippen LogP contribution in [0.25, 0.3) is 11.6 Å². The molecule has 0 N–H and O–H groups in total. The quantitative estimate of drug-likeness (QED) is 0.409. The predicted octanol–water partition coefficient (Wildman–Crippen LogP) is 4.84. The maximum absolute atomic E-state index is 9.41. The van der Waals surface area contributed by atoms with Crippen LogP contribution in [0, 0.1) is 22.7 Å². The molecule has 0 amide bonds. The van der Waals surface area contributed by atoms with E-state index in [4.69, 9.17) is 5.26 Å². The molecule has 2 aromatic rings. The Morgan fingerprint density at radius 3 is 2.29 bits per heavy atom. The Kier molecular flexibility index (Phi) is 6.61. The van der Waals surface area contributed by atoms with Crippen LogP contribution in [-0.2, 0) is 0 Å². The second kappa shape index (κ2) is 8.91. The van der Waals surface area contributed by atoms with Gasteiger partial charge < -0.3 is 4.90 Å². The standard InChI is InChI=1S/C20H18BrN3/c1-24(12-2-11-21)20-9-5-16(6-10-20)13-19(15-23)18-7-3-17(14-22)4-8-18/h3-10,13H,2,11-12H2,1H3/b19-13+. The van der Waals surface area contributed by atoms with Crippen molar-refractivity contribution in [2.75, 3.05) is 23.8 Å². The lowest BCUT2D eigenvalue weighted by molar-refractivity contribution is 0.863. The summed E-state index contributed by atoms with van der Waals surface area (Å²) in [6.45, 7) is 0.995. The molecule has 3 nitrogen and oxygen atoms in total. The fraction of sp³-hybridized carbons (Fsp3) is 0.200. The number of hydrogen-bond donors (Lipinski definition) is 0. The molecule has 0 fully saturated rings. The molecule has 0 spiro atoms. The van der Waals surface area contributed by atoms with Gasteiger partial charge in [0, 0.05) is 24.6 Å². The summed E-state index contributed by atoms with van der Waals surface area (Å²) in [5.41, 5.74) is 4.13. The minimum atomic E-state index is 0.583. The molecule has 0 radical (unpaired) electrons. The maximum atomic E-state index is 9.41. The largest absolute Gasteiger partial charge is 0.375 e. The third kappa shape index (κ3) is 4.72. The van der Waals surface area contributed by atoms with Gasteiger partial charge in [0.2, 0.25) is 0 Å². The van der Waals surface area contributed by atoms with E-state index in [9.17, 15) is 5.26 Å². The zero-order valence-corrected chi connectivity index (χ0v) is 15.1. The van der Waals surface area contributed by atoms with Crippen LogP contribution >= 0.6 is 15.9 Å². The molecule has 0 aliphatic carbocycles. The molecule has 0 atom stereocenters. The summed E-state index contributed by atoms with van der Waals surface area (Å²) >= 11 is 3.45. The Labute approximate surface area is 151 Å². The van der Waals surface area contributed by atoms with Gasteiger partial charge in [-0.2, -0.15) is 10.5 Å². The topological polar surface area (TPSA) is 50.8 Å². The highest BCUT2D eigenvalue weighted by atomic mass is 79.9. The number of nitrogens with zero attached hydrogens (tertiary/aromatic N) is 3. The number of halogens is 1. The van der Waals surface area contributed by atoms with E-state index in [-0.39, 0.29) is 0 Å². The average molecular weight is 380 g/mol. The zero-order chi connectivity index (χ0) is 17.4. The smallest absolute Gasteiger partial charge is 0.0998 e. The first kappa shape index (κ1) is 17.8. The molecular weight excluding hydrogens is 362 g/mol. The van der Waals surface area contributed by atoms with Gasteiger partial charge in [-0.3, -0.25) is 0 Å². The number of hydrogen-bond acceptors (Lipinski definition) is 3. The van der Waals surface area contributed by atoms with E-state index in [0.29, 0.717) is 11.1 Å².